The quantitative estimate of drug-likeness (QED) is 0.0211. The molecule has 9 heteroatoms. The molecule has 0 aromatic heterocycles. The molecular weight excluding hydrogens is 1200 g/mol. The molecule has 0 saturated heterocycles. The topological polar surface area (TPSA) is 108 Å². The summed E-state index contributed by atoms with van der Waals surface area (Å²) in [5.74, 6) is -2.01. The summed E-state index contributed by atoms with van der Waals surface area (Å²) in [7, 11) is 5.98. The third kappa shape index (κ3) is 78.6. The van der Waals surface area contributed by atoms with Gasteiger partial charge in [-0.05, 0) is 116 Å². The standard InChI is InChI=1S/C88H151NO8/c1-6-8-10-12-14-16-18-20-22-24-26-28-30-32-34-36-38-40-42-43-45-47-49-51-53-55-57-59-61-63-65-67-69-71-73-75-77-79-86(91)97-84(83-96-88(87(92)93)94-81-80-89(3,4)5)82-95-85(90)78-76-74-72-70-68-66-64-62-60-58-56-54-52-50-48-46-44-41-39-37-35-33-31-29-27-25-23-21-19-17-15-13-11-9-7-2/h8,10,14,16,19-22,25-28,32,34,38,40,43,45,49,51,55,57,84,88H,6-7,9,11-13,15,17-18,23-24,29-31,33,35-37,39,41-42,44,46-48,50,52-54,56,58-83H2,1-5H3/p+1/b10-8-,16-14-,21-19-,22-20-,27-25-,28-26-,34-32-,40-38-,45-43-,51-49-,57-55-. The second-order valence-corrected chi connectivity index (χ2v) is 28.0. The summed E-state index contributed by atoms with van der Waals surface area (Å²) < 4.78 is 23.0. The van der Waals surface area contributed by atoms with E-state index in [2.05, 4.69) is 148 Å². The Labute approximate surface area is 599 Å². The normalized spacial score (nSPS) is 13.4. The molecule has 0 aromatic rings. The highest BCUT2D eigenvalue weighted by atomic mass is 16.7. The number of rotatable bonds is 74. The number of likely N-dealkylation sites (N-methyl/N-ethyl adjacent to an activating group) is 1. The minimum Gasteiger partial charge on any atom is -0.477 e. The molecule has 2 unspecified atom stereocenters. The van der Waals surface area contributed by atoms with Crippen LogP contribution in [0.1, 0.15) is 348 Å². The first-order valence-electron chi connectivity index (χ1n) is 40.3. The molecular formula is C88H152NO8+. The SMILES string of the molecule is CC/C=C\C/C=C\C/C=C\C/C=C\C/C=C\C/C=C\C/C=C\C/C=C\C/C=C\CCCCCCCCCCCC(=O)OC(COC(=O)CCCCCCCCCCCCCCCCCCCCCCCCC/C=C\C/C=C\CCCCCCC)COC(OCC[N+](C)(C)C)C(=O)O. The van der Waals surface area contributed by atoms with E-state index in [0.717, 1.165) is 109 Å². The molecule has 556 valence electrons. The summed E-state index contributed by atoms with van der Waals surface area (Å²) in [6, 6.07) is 0. The van der Waals surface area contributed by atoms with E-state index in [-0.39, 0.29) is 32.2 Å². The molecule has 0 amide bonds. The van der Waals surface area contributed by atoms with Crippen molar-refractivity contribution in [3.63, 3.8) is 0 Å². The van der Waals surface area contributed by atoms with Gasteiger partial charge < -0.3 is 28.5 Å². The largest absolute Gasteiger partial charge is 0.477 e. The minimum absolute atomic E-state index is 0.182. The van der Waals surface area contributed by atoms with Gasteiger partial charge in [0.25, 0.3) is 6.29 Å². The molecule has 0 aliphatic carbocycles. The van der Waals surface area contributed by atoms with E-state index in [1.807, 2.05) is 21.1 Å². The number of nitrogens with zero attached hydrogens (tertiary/aromatic N) is 1. The fourth-order valence-corrected chi connectivity index (χ4v) is 11.3. The van der Waals surface area contributed by atoms with Gasteiger partial charge in [0.15, 0.2) is 6.10 Å². The molecule has 0 radical (unpaired) electrons. The van der Waals surface area contributed by atoms with Gasteiger partial charge in [-0.15, -0.1) is 0 Å². The van der Waals surface area contributed by atoms with Gasteiger partial charge in [0, 0.05) is 12.8 Å². The van der Waals surface area contributed by atoms with E-state index in [1.54, 1.807) is 0 Å². The Morgan fingerprint density at radius 1 is 0.320 bits per heavy atom. The molecule has 0 rings (SSSR count). The Hall–Kier alpha value is -4.57. The summed E-state index contributed by atoms with van der Waals surface area (Å²) in [6.07, 6.45) is 109. The first-order valence-corrected chi connectivity index (χ1v) is 40.3. The van der Waals surface area contributed by atoms with E-state index < -0.39 is 24.3 Å². The maximum atomic E-state index is 13.0. The fraction of sp³-hybridized carbons (Fsp3) is 0.716. The van der Waals surface area contributed by atoms with Crippen molar-refractivity contribution in [1.29, 1.82) is 0 Å². The Morgan fingerprint density at radius 3 is 0.876 bits per heavy atom. The van der Waals surface area contributed by atoms with E-state index in [4.69, 9.17) is 18.9 Å². The van der Waals surface area contributed by atoms with E-state index in [0.29, 0.717) is 23.9 Å². The lowest BCUT2D eigenvalue weighted by Crippen LogP contribution is -2.40. The second kappa shape index (κ2) is 77.2. The maximum Gasteiger partial charge on any atom is 0.361 e. The molecule has 0 spiro atoms. The lowest BCUT2D eigenvalue weighted by molar-refractivity contribution is -0.870. The number of hydrogen-bond donors (Lipinski definition) is 1. The molecule has 1 N–H and O–H groups in total. The highest BCUT2D eigenvalue weighted by molar-refractivity contribution is 5.71. The van der Waals surface area contributed by atoms with Crippen LogP contribution in [0.5, 0.6) is 0 Å². The molecule has 9 nitrogen and oxygen atoms in total. The number of hydrogen-bond acceptors (Lipinski definition) is 7. The summed E-state index contributed by atoms with van der Waals surface area (Å²) in [5, 5.41) is 9.78. The van der Waals surface area contributed by atoms with Gasteiger partial charge in [-0.3, -0.25) is 9.59 Å². The third-order valence-electron chi connectivity index (χ3n) is 17.4. The number of esters is 2. The summed E-state index contributed by atoms with van der Waals surface area (Å²) >= 11 is 0. The van der Waals surface area contributed by atoms with Crippen LogP contribution in [0.4, 0.5) is 0 Å². The van der Waals surface area contributed by atoms with Gasteiger partial charge in [0.05, 0.1) is 34.4 Å². The number of ether oxygens (including phenoxy) is 4. The van der Waals surface area contributed by atoms with Crippen LogP contribution in [0.25, 0.3) is 0 Å². The van der Waals surface area contributed by atoms with Crippen molar-refractivity contribution < 1.29 is 42.9 Å². The second-order valence-electron chi connectivity index (χ2n) is 28.0. The summed E-state index contributed by atoms with van der Waals surface area (Å²) in [5.41, 5.74) is 0. The summed E-state index contributed by atoms with van der Waals surface area (Å²) in [6.45, 7) is 4.77. The van der Waals surface area contributed by atoms with Gasteiger partial charge in [-0.1, -0.05) is 353 Å². The number of carboxylic acids is 1. The first kappa shape index (κ1) is 92.4. The Morgan fingerprint density at radius 2 is 0.588 bits per heavy atom. The van der Waals surface area contributed by atoms with Crippen molar-refractivity contribution in [2.45, 2.75) is 360 Å². The highest BCUT2D eigenvalue weighted by Crippen LogP contribution is 2.18. The monoisotopic (exact) mass is 1350 g/mol. The Bertz CT molecular complexity index is 2060. The number of unbranched alkanes of at least 4 members (excludes halogenated alkanes) is 37. The zero-order valence-electron chi connectivity index (χ0n) is 63.7. The lowest BCUT2D eigenvalue weighted by Gasteiger charge is -2.25. The number of carbonyl (C=O) groups is 3. The number of allylic oxidation sites excluding steroid dienone is 22. The van der Waals surface area contributed by atoms with Crippen molar-refractivity contribution in [1.82, 2.24) is 0 Å². The van der Waals surface area contributed by atoms with Gasteiger partial charge in [0.2, 0.25) is 0 Å². The van der Waals surface area contributed by atoms with E-state index >= 15 is 0 Å². The molecule has 0 aromatic carbocycles. The average Bonchev–Trinajstić information content (AvgIpc) is 3.11. The average molecular weight is 1350 g/mol. The van der Waals surface area contributed by atoms with E-state index in [9.17, 15) is 19.5 Å². The molecule has 0 heterocycles. The van der Waals surface area contributed by atoms with Gasteiger partial charge in [0.1, 0.15) is 13.2 Å². The molecule has 0 saturated carbocycles. The van der Waals surface area contributed by atoms with Gasteiger partial charge in [-0.25, -0.2) is 4.79 Å². The minimum atomic E-state index is -1.52. The van der Waals surface area contributed by atoms with Crippen molar-refractivity contribution >= 4 is 17.9 Å². The molecule has 0 aliphatic heterocycles. The zero-order valence-corrected chi connectivity index (χ0v) is 63.7. The number of carboxylic acid groups (broad SMARTS) is 1. The number of quaternary nitrogens is 1. The maximum absolute atomic E-state index is 13.0. The van der Waals surface area contributed by atoms with Crippen LogP contribution in [-0.4, -0.2) is 87.4 Å². The zero-order chi connectivity index (χ0) is 70.4. The molecule has 2 atom stereocenters. The van der Waals surface area contributed by atoms with Crippen LogP contribution in [0.3, 0.4) is 0 Å². The van der Waals surface area contributed by atoms with Crippen LogP contribution < -0.4 is 0 Å². The van der Waals surface area contributed by atoms with Crippen LogP contribution in [0.15, 0.2) is 134 Å². The van der Waals surface area contributed by atoms with Crippen LogP contribution in [0, 0.1) is 0 Å². The Balaban J connectivity index is 4.07. The fourth-order valence-electron chi connectivity index (χ4n) is 11.3. The molecule has 0 fully saturated rings. The Kier molecular flexibility index (Phi) is 73.5. The van der Waals surface area contributed by atoms with Crippen molar-refractivity contribution in [2.75, 3.05) is 47.5 Å². The first-order chi connectivity index (χ1) is 47.6. The van der Waals surface area contributed by atoms with Crippen LogP contribution in [0.2, 0.25) is 0 Å². The number of aliphatic carboxylic acids is 1. The van der Waals surface area contributed by atoms with Crippen molar-refractivity contribution in [3.8, 4) is 0 Å². The van der Waals surface area contributed by atoms with E-state index in [1.165, 1.54) is 205 Å². The molecule has 97 heavy (non-hydrogen) atoms. The molecule has 0 aliphatic rings. The van der Waals surface area contributed by atoms with Crippen molar-refractivity contribution in [3.05, 3.63) is 134 Å². The van der Waals surface area contributed by atoms with Crippen LogP contribution in [-0.2, 0) is 33.3 Å². The van der Waals surface area contributed by atoms with Crippen LogP contribution >= 0.6 is 0 Å². The predicted molar refractivity (Wildman–Crippen MR) is 419 cm³/mol. The smallest absolute Gasteiger partial charge is 0.361 e. The van der Waals surface area contributed by atoms with Gasteiger partial charge in [-0.2, -0.15) is 0 Å². The predicted octanol–water partition coefficient (Wildman–Crippen LogP) is 26.0. The number of carbonyl (C=O) groups excluding carboxylic acids is 2. The molecule has 0 bridgehead atoms. The highest BCUT2D eigenvalue weighted by Gasteiger charge is 2.25. The van der Waals surface area contributed by atoms with Crippen molar-refractivity contribution in [2.24, 2.45) is 0 Å². The third-order valence-corrected chi connectivity index (χ3v) is 17.4. The summed E-state index contributed by atoms with van der Waals surface area (Å²) in [4.78, 5) is 37.8. The lowest BCUT2D eigenvalue weighted by atomic mass is 10.0. The van der Waals surface area contributed by atoms with Gasteiger partial charge >= 0.3 is 17.9 Å².